The monoisotopic (exact) mass is 188 g/mol. The summed E-state index contributed by atoms with van der Waals surface area (Å²) in [7, 11) is 0. The van der Waals surface area contributed by atoms with E-state index < -0.39 is 0 Å². The average molecular weight is 188 g/mol. The van der Waals surface area contributed by atoms with E-state index in [2.05, 4.69) is 33.8 Å². The zero-order valence-corrected chi connectivity index (χ0v) is 9.78. The molecule has 0 bridgehead atoms. The van der Waals surface area contributed by atoms with Crippen LogP contribution < -0.4 is 0 Å². The van der Waals surface area contributed by atoms with E-state index in [4.69, 9.17) is 0 Å². The summed E-state index contributed by atoms with van der Waals surface area (Å²) in [6.07, 6.45) is 3.95. The van der Waals surface area contributed by atoms with Gasteiger partial charge in [-0.25, -0.2) is 0 Å². The second-order valence-electron chi connectivity index (χ2n) is 4.93. The van der Waals surface area contributed by atoms with Crippen LogP contribution in [0.1, 0.15) is 41.2 Å². The number of hydrogen-bond acceptors (Lipinski definition) is 0. The molecule has 76 valence electrons. The average Bonchev–Trinajstić information content (AvgIpc) is 2.16. The molecule has 0 fully saturated rings. The molecule has 0 radical (unpaired) electrons. The molecule has 1 unspecified atom stereocenters. The van der Waals surface area contributed by atoms with Crippen molar-refractivity contribution in [2.24, 2.45) is 5.92 Å². The molecule has 0 heteroatoms. The zero-order chi connectivity index (χ0) is 10.3. The standard InChI is InChI=1S/C14H20/c1-9-5-6-13-8-10(2)11(3)12(4)14(13)7-9/h8-9H,5-7H2,1-4H3. The third-order valence-electron chi connectivity index (χ3n) is 3.84. The molecule has 2 rings (SSSR count). The van der Waals surface area contributed by atoms with E-state index in [0.29, 0.717) is 0 Å². The van der Waals surface area contributed by atoms with E-state index in [1.54, 1.807) is 16.7 Å². The predicted octanol–water partition coefficient (Wildman–Crippen LogP) is 3.74. The van der Waals surface area contributed by atoms with Gasteiger partial charge in [0, 0.05) is 0 Å². The van der Waals surface area contributed by atoms with Crippen molar-refractivity contribution in [1.29, 1.82) is 0 Å². The van der Waals surface area contributed by atoms with Gasteiger partial charge < -0.3 is 0 Å². The first-order chi connectivity index (χ1) is 6.59. The summed E-state index contributed by atoms with van der Waals surface area (Å²) in [6.45, 7) is 9.15. The molecule has 0 saturated heterocycles. The predicted molar refractivity (Wildman–Crippen MR) is 61.8 cm³/mol. The van der Waals surface area contributed by atoms with Crippen LogP contribution >= 0.6 is 0 Å². The van der Waals surface area contributed by atoms with Gasteiger partial charge in [-0.15, -0.1) is 0 Å². The van der Waals surface area contributed by atoms with Crippen LogP contribution in [-0.2, 0) is 12.8 Å². The van der Waals surface area contributed by atoms with Gasteiger partial charge in [-0.2, -0.15) is 0 Å². The maximum absolute atomic E-state index is 2.41. The van der Waals surface area contributed by atoms with Crippen molar-refractivity contribution >= 4 is 0 Å². The van der Waals surface area contributed by atoms with Crippen molar-refractivity contribution in [3.63, 3.8) is 0 Å². The zero-order valence-electron chi connectivity index (χ0n) is 9.78. The van der Waals surface area contributed by atoms with Crippen LogP contribution in [0.25, 0.3) is 0 Å². The van der Waals surface area contributed by atoms with Crippen molar-refractivity contribution in [3.8, 4) is 0 Å². The van der Waals surface area contributed by atoms with Crippen molar-refractivity contribution in [2.45, 2.75) is 47.0 Å². The Morgan fingerprint density at radius 3 is 2.57 bits per heavy atom. The molecule has 0 aromatic heterocycles. The molecule has 0 amide bonds. The van der Waals surface area contributed by atoms with Crippen LogP contribution in [0.5, 0.6) is 0 Å². The first-order valence-corrected chi connectivity index (χ1v) is 5.68. The Morgan fingerprint density at radius 1 is 1.14 bits per heavy atom. The van der Waals surface area contributed by atoms with E-state index in [9.17, 15) is 0 Å². The Kier molecular flexibility index (Phi) is 2.38. The molecular weight excluding hydrogens is 168 g/mol. The Morgan fingerprint density at radius 2 is 1.86 bits per heavy atom. The highest BCUT2D eigenvalue weighted by atomic mass is 14.2. The van der Waals surface area contributed by atoms with Crippen molar-refractivity contribution in [2.75, 3.05) is 0 Å². The fraction of sp³-hybridized carbons (Fsp3) is 0.571. The van der Waals surface area contributed by atoms with Crippen LogP contribution in [0.3, 0.4) is 0 Å². The summed E-state index contributed by atoms with van der Waals surface area (Å²) in [4.78, 5) is 0. The second-order valence-corrected chi connectivity index (χ2v) is 4.93. The molecule has 0 spiro atoms. The van der Waals surface area contributed by atoms with Crippen molar-refractivity contribution < 1.29 is 0 Å². The van der Waals surface area contributed by atoms with Gasteiger partial charge >= 0.3 is 0 Å². The SMILES string of the molecule is Cc1cc2c(c(C)c1C)CC(C)CC2. The van der Waals surface area contributed by atoms with Crippen LogP contribution in [-0.4, -0.2) is 0 Å². The van der Waals surface area contributed by atoms with E-state index in [0.717, 1.165) is 5.92 Å². The highest BCUT2D eigenvalue weighted by molar-refractivity contribution is 5.45. The van der Waals surface area contributed by atoms with Crippen LogP contribution in [0.4, 0.5) is 0 Å². The minimum absolute atomic E-state index is 0.878. The summed E-state index contributed by atoms with van der Waals surface area (Å²) in [5, 5.41) is 0. The Balaban J connectivity index is 2.55. The molecule has 1 aliphatic carbocycles. The highest BCUT2D eigenvalue weighted by Crippen LogP contribution is 2.30. The van der Waals surface area contributed by atoms with Crippen molar-refractivity contribution in [1.82, 2.24) is 0 Å². The maximum atomic E-state index is 2.41. The molecule has 1 atom stereocenters. The molecule has 14 heavy (non-hydrogen) atoms. The van der Waals surface area contributed by atoms with Gasteiger partial charge in [0.1, 0.15) is 0 Å². The summed E-state index contributed by atoms with van der Waals surface area (Å²) < 4.78 is 0. The molecule has 0 heterocycles. The second kappa shape index (κ2) is 3.42. The van der Waals surface area contributed by atoms with E-state index in [1.807, 2.05) is 0 Å². The lowest BCUT2D eigenvalue weighted by molar-refractivity contribution is 0.499. The van der Waals surface area contributed by atoms with E-state index in [1.165, 1.54) is 30.4 Å². The van der Waals surface area contributed by atoms with E-state index in [-0.39, 0.29) is 0 Å². The van der Waals surface area contributed by atoms with Crippen molar-refractivity contribution in [3.05, 3.63) is 33.9 Å². The quantitative estimate of drug-likeness (QED) is 0.582. The summed E-state index contributed by atoms with van der Waals surface area (Å²) in [5.41, 5.74) is 7.77. The minimum Gasteiger partial charge on any atom is -0.0622 e. The van der Waals surface area contributed by atoms with Gasteiger partial charge in [-0.05, 0) is 73.8 Å². The van der Waals surface area contributed by atoms with Gasteiger partial charge in [0.15, 0.2) is 0 Å². The molecule has 1 aliphatic rings. The molecule has 1 aromatic carbocycles. The number of benzene rings is 1. The smallest absolute Gasteiger partial charge is 0.0247 e. The lowest BCUT2D eigenvalue weighted by Gasteiger charge is -2.25. The molecule has 0 saturated carbocycles. The van der Waals surface area contributed by atoms with Gasteiger partial charge in [0.2, 0.25) is 0 Å². The number of hydrogen-bond donors (Lipinski definition) is 0. The van der Waals surface area contributed by atoms with Gasteiger partial charge in [-0.1, -0.05) is 13.0 Å². The fourth-order valence-corrected chi connectivity index (χ4v) is 2.58. The topological polar surface area (TPSA) is 0 Å². The Labute approximate surface area is 87.3 Å². The Bertz CT molecular complexity index is 361. The first-order valence-electron chi connectivity index (χ1n) is 5.68. The van der Waals surface area contributed by atoms with Crippen LogP contribution in [0, 0.1) is 26.7 Å². The molecule has 0 aliphatic heterocycles. The lowest BCUT2D eigenvalue weighted by atomic mass is 9.80. The van der Waals surface area contributed by atoms with Gasteiger partial charge in [0.05, 0.1) is 0 Å². The van der Waals surface area contributed by atoms with Crippen LogP contribution in [0.15, 0.2) is 6.07 Å². The molecule has 0 nitrogen and oxygen atoms in total. The number of rotatable bonds is 0. The molecular formula is C14H20. The molecule has 1 aromatic rings. The Hall–Kier alpha value is -0.780. The fourth-order valence-electron chi connectivity index (χ4n) is 2.58. The third-order valence-corrected chi connectivity index (χ3v) is 3.84. The van der Waals surface area contributed by atoms with Gasteiger partial charge in [0.25, 0.3) is 0 Å². The highest BCUT2D eigenvalue weighted by Gasteiger charge is 2.18. The summed E-state index contributed by atoms with van der Waals surface area (Å²) >= 11 is 0. The van der Waals surface area contributed by atoms with Crippen LogP contribution in [0.2, 0.25) is 0 Å². The summed E-state index contributed by atoms with van der Waals surface area (Å²) in [5.74, 6) is 0.878. The number of aryl methyl sites for hydroxylation is 2. The summed E-state index contributed by atoms with van der Waals surface area (Å²) in [6, 6.07) is 2.41. The van der Waals surface area contributed by atoms with Gasteiger partial charge in [-0.3, -0.25) is 0 Å². The first kappa shape index (κ1) is 9.76. The maximum Gasteiger partial charge on any atom is -0.0247 e. The number of fused-ring (bicyclic) bond motifs is 1. The van der Waals surface area contributed by atoms with E-state index >= 15 is 0 Å². The molecule has 0 N–H and O–H groups in total. The lowest BCUT2D eigenvalue weighted by Crippen LogP contribution is -2.14. The third kappa shape index (κ3) is 1.47. The normalized spacial score (nSPS) is 20.7. The minimum atomic E-state index is 0.878. The largest absolute Gasteiger partial charge is 0.0622 e.